The molecule has 1 unspecified atom stereocenters. The zero-order valence-corrected chi connectivity index (χ0v) is 15.5. The fourth-order valence-corrected chi connectivity index (χ4v) is 3.43. The number of ether oxygens (including phenoxy) is 2. The van der Waals surface area contributed by atoms with E-state index in [9.17, 15) is 20.4 Å². The summed E-state index contributed by atoms with van der Waals surface area (Å²) in [6.07, 6.45) is -0.00562. The average Bonchev–Trinajstić information content (AvgIpc) is 2.73. The van der Waals surface area contributed by atoms with Crippen LogP contribution in [0.15, 0.2) is 42.5 Å². The van der Waals surface area contributed by atoms with E-state index in [4.69, 9.17) is 15.9 Å². The van der Waals surface area contributed by atoms with Crippen LogP contribution in [-0.4, -0.2) is 58.6 Å². The molecule has 0 radical (unpaired) electrons. The van der Waals surface area contributed by atoms with E-state index in [0.29, 0.717) is 17.7 Å². The van der Waals surface area contributed by atoms with E-state index in [0.717, 1.165) is 16.7 Å². The molecule has 28 heavy (non-hydrogen) atoms. The van der Waals surface area contributed by atoms with Gasteiger partial charge in [0.05, 0.1) is 13.7 Å². The Bertz CT molecular complexity index is 839. The second-order valence-corrected chi connectivity index (χ2v) is 6.84. The molecule has 148 valence electrons. The van der Waals surface area contributed by atoms with E-state index in [-0.39, 0.29) is 0 Å². The standard InChI is InChI=1S/C22H24O6/c1-3-13-4-6-14(7-5-13)10-16-11-15(8-9-17(16)27-2)22-21(26)20(25)19(24)18(12-23)28-22/h1,4-9,11,18-26H,10,12H2,2H3/t18?,19-,20+,21-,22+/m1/s1. The maximum atomic E-state index is 10.4. The molecule has 3 rings (SSSR count). The largest absolute Gasteiger partial charge is 0.496 e. The van der Waals surface area contributed by atoms with Gasteiger partial charge in [0.2, 0.25) is 0 Å². The lowest BCUT2D eigenvalue weighted by Gasteiger charge is -2.40. The third kappa shape index (κ3) is 4.04. The molecule has 0 amide bonds. The molecule has 4 N–H and O–H groups in total. The van der Waals surface area contributed by atoms with Crippen LogP contribution in [0.1, 0.15) is 28.4 Å². The molecule has 1 saturated heterocycles. The van der Waals surface area contributed by atoms with Gasteiger partial charge >= 0.3 is 0 Å². The van der Waals surface area contributed by atoms with E-state index in [1.165, 1.54) is 0 Å². The smallest absolute Gasteiger partial charge is 0.122 e. The molecule has 0 spiro atoms. The van der Waals surface area contributed by atoms with Gasteiger partial charge in [0.1, 0.15) is 36.3 Å². The minimum Gasteiger partial charge on any atom is -0.496 e. The molecule has 6 heteroatoms. The summed E-state index contributed by atoms with van der Waals surface area (Å²) in [6, 6.07) is 12.9. The fraction of sp³-hybridized carbons (Fsp3) is 0.364. The molecule has 0 aromatic heterocycles. The van der Waals surface area contributed by atoms with E-state index in [2.05, 4.69) is 5.92 Å². The van der Waals surface area contributed by atoms with Crippen LogP contribution >= 0.6 is 0 Å². The molecule has 1 aliphatic rings. The minimum atomic E-state index is -1.42. The second-order valence-electron chi connectivity index (χ2n) is 6.84. The highest BCUT2D eigenvalue weighted by molar-refractivity contribution is 5.43. The number of hydrogen-bond acceptors (Lipinski definition) is 6. The predicted octanol–water partition coefficient (Wildman–Crippen LogP) is 0.782. The Morgan fingerprint density at radius 1 is 1.04 bits per heavy atom. The van der Waals surface area contributed by atoms with Crippen molar-refractivity contribution in [3.63, 3.8) is 0 Å². The van der Waals surface area contributed by atoms with Crippen LogP contribution in [0.25, 0.3) is 0 Å². The van der Waals surface area contributed by atoms with Crippen molar-refractivity contribution in [2.75, 3.05) is 13.7 Å². The molecule has 2 aromatic carbocycles. The molecule has 1 fully saturated rings. The number of terminal acetylenes is 1. The highest BCUT2D eigenvalue weighted by Crippen LogP contribution is 2.35. The van der Waals surface area contributed by atoms with Crippen molar-refractivity contribution in [2.24, 2.45) is 0 Å². The third-order valence-corrected chi connectivity index (χ3v) is 5.04. The van der Waals surface area contributed by atoms with Crippen LogP contribution in [0.2, 0.25) is 0 Å². The van der Waals surface area contributed by atoms with E-state index < -0.39 is 37.1 Å². The molecule has 0 bridgehead atoms. The molecule has 0 saturated carbocycles. The minimum absolute atomic E-state index is 0.466. The first-order valence-corrected chi connectivity index (χ1v) is 9.01. The van der Waals surface area contributed by atoms with Crippen LogP contribution < -0.4 is 4.74 Å². The monoisotopic (exact) mass is 384 g/mol. The number of aliphatic hydroxyl groups is 4. The van der Waals surface area contributed by atoms with Crippen LogP contribution in [0.4, 0.5) is 0 Å². The summed E-state index contributed by atoms with van der Waals surface area (Å²) < 4.78 is 11.1. The van der Waals surface area contributed by atoms with E-state index in [1.54, 1.807) is 19.2 Å². The topological polar surface area (TPSA) is 99.4 Å². The van der Waals surface area contributed by atoms with Crippen LogP contribution in [0.5, 0.6) is 5.75 Å². The molecular formula is C22H24O6. The lowest BCUT2D eigenvalue weighted by atomic mass is 9.90. The van der Waals surface area contributed by atoms with Gasteiger partial charge in [0.15, 0.2) is 0 Å². The Balaban J connectivity index is 1.90. The van der Waals surface area contributed by atoms with Crippen molar-refractivity contribution in [3.05, 3.63) is 64.7 Å². The number of methoxy groups -OCH3 is 1. The molecule has 0 aliphatic carbocycles. The Hall–Kier alpha value is -2.40. The Kier molecular flexibility index (Phi) is 6.35. The first kappa shape index (κ1) is 20.3. The van der Waals surface area contributed by atoms with Crippen molar-refractivity contribution < 1.29 is 29.9 Å². The van der Waals surface area contributed by atoms with Crippen molar-refractivity contribution >= 4 is 0 Å². The summed E-state index contributed by atoms with van der Waals surface area (Å²) in [5.74, 6) is 3.26. The van der Waals surface area contributed by atoms with E-state index >= 15 is 0 Å². The molecule has 5 atom stereocenters. The van der Waals surface area contributed by atoms with Gasteiger partial charge < -0.3 is 29.9 Å². The summed E-state index contributed by atoms with van der Waals surface area (Å²) >= 11 is 0. The molecule has 2 aromatic rings. The summed E-state index contributed by atoms with van der Waals surface area (Å²) in [5.41, 5.74) is 3.31. The van der Waals surface area contributed by atoms with Crippen LogP contribution in [0, 0.1) is 12.3 Å². The SMILES string of the molecule is C#Cc1ccc(Cc2cc([C@@H]3OC(CO)[C@@H](O)[C@H](O)[C@H]3O)ccc2OC)cc1. The molecule has 1 aliphatic heterocycles. The van der Waals surface area contributed by atoms with E-state index in [1.807, 2.05) is 30.3 Å². The van der Waals surface area contributed by atoms with Crippen LogP contribution in [0.3, 0.4) is 0 Å². The maximum absolute atomic E-state index is 10.4. The first-order valence-electron chi connectivity index (χ1n) is 9.01. The highest BCUT2D eigenvalue weighted by atomic mass is 16.5. The quantitative estimate of drug-likeness (QED) is 0.569. The lowest BCUT2D eigenvalue weighted by molar-refractivity contribution is -0.231. The van der Waals surface area contributed by atoms with Gasteiger partial charge in [-0.3, -0.25) is 0 Å². The molecular weight excluding hydrogens is 360 g/mol. The Morgan fingerprint density at radius 3 is 2.36 bits per heavy atom. The summed E-state index contributed by atoms with van der Waals surface area (Å²) in [7, 11) is 1.58. The van der Waals surface area contributed by atoms with Crippen molar-refractivity contribution in [2.45, 2.75) is 36.9 Å². The van der Waals surface area contributed by atoms with Gasteiger partial charge in [0.25, 0.3) is 0 Å². The van der Waals surface area contributed by atoms with Crippen LogP contribution in [-0.2, 0) is 11.2 Å². The fourth-order valence-electron chi connectivity index (χ4n) is 3.43. The zero-order valence-electron chi connectivity index (χ0n) is 15.5. The molecule has 6 nitrogen and oxygen atoms in total. The average molecular weight is 384 g/mol. The van der Waals surface area contributed by atoms with Gasteiger partial charge in [0, 0.05) is 12.0 Å². The highest BCUT2D eigenvalue weighted by Gasteiger charge is 2.44. The van der Waals surface area contributed by atoms with Crippen molar-refractivity contribution in [1.82, 2.24) is 0 Å². The second kappa shape index (κ2) is 8.74. The zero-order chi connectivity index (χ0) is 20.3. The summed E-state index contributed by atoms with van der Waals surface area (Å²) in [6.45, 7) is -0.466. The first-order chi connectivity index (χ1) is 13.5. The number of aliphatic hydroxyl groups excluding tert-OH is 4. The maximum Gasteiger partial charge on any atom is 0.122 e. The van der Waals surface area contributed by atoms with Gasteiger partial charge in [-0.25, -0.2) is 0 Å². The number of benzene rings is 2. The normalized spacial score (nSPS) is 27.2. The van der Waals surface area contributed by atoms with Gasteiger partial charge in [-0.1, -0.05) is 24.1 Å². The predicted molar refractivity (Wildman–Crippen MR) is 103 cm³/mol. The third-order valence-electron chi connectivity index (χ3n) is 5.04. The van der Waals surface area contributed by atoms with Crippen molar-refractivity contribution in [3.8, 4) is 18.1 Å². The summed E-state index contributed by atoms with van der Waals surface area (Å²) in [4.78, 5) is 0. The van der Waals surface area contributed by atoms with Gasteiger partial charge in [-0.2, -0.15) is 0 Å². The van der Waals surface area contributed by atoms with Crippen molar-refractivity contribution in [1.29, 1.82) is 0 Å². The van der Waals surface area contributed by atoms with Gasteiger partial charge in [-0.15, -0.1) is 6.42 Å². The lowest BCUT2D eigenvalue weighted by Crippen LogP contribution is -2.55. The number of hydrogen-bond donors (Lipinski definition) is 4. The Morgan fingerprint density at radius 2 is 1.75 bits per heavy atom. The molecule has 1 heterocycles. The summed E-state index contributed by atoms with van der Waals surface area (Å²) in [5, 5.41) is 39.8. The van der Waals surface area contributed by atoms with Gasteiger partial charge in [-0.05, 0) is 41.0 Å². The Labute approximate surface area is 164 Å². The number of rotatable bonds is 5.